The van der Waals surface area contributed by atoms with Crippen molar-refractivity contribution in [2.75, 3.05) is 46.6 Å². The van der Waals surface area contributed by atoms with Crippen molar-refractivity contribution < 1.29 is 14.6 Å². The van der Waals surface area contributed by atoms with Gasteiger partial charge in [0.25, 0.3) is 0 Å². The summed E-state index contributed by atoms with van der Waals surface area (Å²) >= 11 is 0. The fraction of sp³-hybridized carbons (Fsp3) is 1.00. The summed E-state index contributed by atoms with van der Waals surface area (Å²) in [6.45, 7) is 8.97. The van der Waals surface area contributed by atoms with Crippen molar-refractivity contribution in [3.8, 4) is 0 Å². The van der Waals surface area contributed by atoms with Gasteiger partial charge in [-0.3, -0.25) is 4.90 Å². The molecule has 0 aromatic carbocycles. The van der Waals surface area contributed by atoms with Crippen LogP contribution in [0.2, 0.25) is 0 Å². The molecular formula is C15H31NO3. The predicted molar refractivity (Wildman–Crippen MR) is 77.4 cm³/mol. The lowest BCUT2D eigenvalue weighted by molar-refractivity contribution is -0.0444. The van der Waals surface area contributed by atoms with Gasteiger partial charge in [-0.2, -0.15) is 0 Å². The highest BCUT2D eigenvalue weighted by molar-refractivity contribution is 4.86. The Balaban J connectivity index is 2.67. The van der Waals surface area contributed by atoms with Crippen LogP contribution in [-0.4, -0.2) is 62.7 Å². The second-order valence-corrected chi connectivity index (χ2v) is 5.70. The van der Waals surface area contributed by atoms with Crippen molar-refractivity contribution in [2.45, 2.75) is 45.6 Å². The number of aliphatic hydroxyl groups is 1. The molecule has 0 bridgehead atoms. The topological polar surface area (TPSA) is 41.9 Å². The van der Waals surface area contributed by atoms with Crippen molar-refractivity contribution in [1.82, 2.24) is 4.90 Å². The van der Waals surface area contributed by atoms with E-state index in [1.807, 2.05) is 0 Å². The van der Waals surface area contributed by atoms with Gasteiger partial charge in [0.1, 0.15) is 0 Å². The van der Waals surface area contributed by atoms with Crippen molar-refractivity contribution in [1.29, 1.82) is 0 Å². The van der Waals surface area contributed by atoms with Crippen LogP contribution < -0.4 is 0 Å². The maximum atomic E-state index is 9.83. The molecule has 0 radical (unpaired) electrons. The largest absolute Gasteiger partial charge is 0.396 e. The Kier molecular flexibility index (Phi) is 7.91. The van der Waals surface area contributed by atoms with Gasteiger partial charge in [-0.1, -0.05) is 13.8 Å². The van der Waals surface area contributed by atoms with Crippen LogP contribution in [0.15, 0.2) is 0 Å². The summed E-state index contributed by atoms with van der Waals surface area (Å²) in [4.78, 5) is 2.50. The van der Waals surface area contributed by atoms with E-state index in [0.29, 0.717) is 6.04 Å². The van der Waals surface area contributed by atoms with Crippen molar-refractivity contribution in [2.24, 2.45) is 5.41 Å². The number of aliphatic hydroxyl groups excluding tert-OH is 1. The van der Waals surface area contributed by atoms with E-state index in [2.05, 4.69) is 18.7 Å². The quantitative estimate of drug-likeness (QED) is 0.697. The van der Waals surface area contributed by atoms with Crippen LogP contribution in [0.4, 0.5) is 0 Å². The zero-order valence-electron chi connectivity index (χ0n) is 12.9. The molecule has 0 atom stereocenters. The number of ether oxygens (including phenoxy) is 2. The third-order valence-corrected chi connectivity index (χ3v) is 4.47. The van der Waals surface area contributed by atoms with Gasteiger partial charge in [0.05, 0.1) is 13.2 Å². The van der Waals surface area contributed by atoms with Crippen molar-refractivity contribution in [3.63, 3.8) is 0 Å². The standard InChI is InChI=1S/C15H31NO3/c1-4-14(5-2)16(8-11-18-3)12-15(13-17)6-9-19-10-7-15/h14,17H,4-13H2,1-3H3. The molecule has 4 heteroatoms. The van der Waals surface area contributed by atoms with E-state index in [9.17, 15) is 5.11 Å². The summed E-state index contributed by atoms with van der Waals surface area (Å²) in [5, 5.41) is 9.83. The third-order valence-electron chi connectivity index (χ3n) is 4.47. The number of nitrogens with zero attached hydrogens (tertiary/aromatic N) is 1. The van der Waals surface area contributed by atoms with Gasteiger partial charge in [-0.05, 0) is 25.7 Å². The highest BCUT2D eigenvalue weighted by atomic mass is 16.5. The average molecular weight is 273 g/mol. The minimum Gasteiger partial charge on any atom is -0.396 e. The van der Waals surface area contributed by atoms with Crippen LogP contribution in [0.3, 0.4) is 0 Å². The predicted octanol–water partition coefficient (Wildman–Crippen LogP) is 1.91. The highest BCUT2D eigenvalue weighted by Gasteiger charge is 2.35. The fourth-order valence-corrected chi connectivity index (χ4v) is 3.01. The van der Waals surface area contributed by atoms with E-state index in [-0.39, 0.29) is 12.0 Å². The van der Waals surface area contributed by atoms with E-state index in [1.165, 1.54) is 0 Å². The zero-order valence-corrected chi connectivity index (χ0v) is 12.9. The highest BCUT2D eigenvalue weighted by Crippen LogP contribution is 2.32. The maximum Gasteiger partial charge on any atom is 0.0589 e. The van der Waals surface area contributed by atoms with E-state index < -0.39 is 0 Å². The average Bonchev–Trinajstić information content (AvgIpc) is 2.46. The Bertz CT molecular complexity index is 225. The maximum absolute atomic E-state index is 9.83. The fourth-order valence-electron chi connectivity index (χ4n) is 3.01. The molecule has 0 aromatic rings. The number of hydrogen-bond donors (Lipinski definition) is 1. The summed E-state index contributed by atoms with van der Waals surface area (Å²) in [5.74, 6) is 0. The molecule has 1 N–H and O–H groups in total. The molecule has 4 nitrogen and oxygen atoms in total. The van der Waals surface area contributed by atoms with Crippen LogP contribution in [0.25, 0.3) is 0 Å². The van der Waals surface area contributed by atoms with E-state index >= 15 is 0 Å². The summed E-state index contributed by atoms with van der Waals surface area (Å²) in [5.41, 5.74) is 0.0224. The first-order chi connectivity index (χ1) is 9.21. The lowest BCUT2D eigenvalue weighted by Gasteiger charge is -2.42. The molecule has 1 aliphatic heterocycles. The Morgan fingerprint density at radius 2 is 1.89 bits per heavy atom. The van der Waals surface area contributed by atoms with Crippen LogP contribution in [-0.2, 0) is 9.47 Å². The molecule has 19 heavy (non-hydrogen) atoms. The van der Waals surface area contributed by atoms with Gasteiger partial charge >= 0.3 is 0 Å². The number of rotatable bonds is 9. The molecule has 1 rings (SSSR count). The first-order valence-electron chi connectivity index (χ1n) is 7.63. The molecule has 1 heterocycles. The van der Waals surface area contributed by atoms with Crippen molar-refractivity contribution in [3.05, 3.63) is 0 Å². The Morgan fingerprint density at radius 1 is 1.26 bits per heavy atom. The van der Waals surface area contributed by atoms with Gasteiger partial charge in [0.2, 0.25) is 0 Å². The number of methoxy groups -OCH3 is 1. The second-order valence-electron chi connectivity index (χ2n) is 5.70. The van der Waals surface area contributed by atoms with Crippen LogP contribution in [0.5, 0.6) is 0 Å². The van der Waals surface area contributed by atoms with E-state index in [1.54, 1.807) is 7.11 Å². The van der Waals surface area contributed by atoms with Crippen LogP contribution in [0.1, 0.15) is 39.5 Å². The molecule has 0 saturated carbocycles. The minimum atomic E-state index is 0.0224. The molecule has 0 amide bonds. The Labute approximate surface area is 118 Å². The van der Waals surface area contributed by atoms with Gasteiger partial charge in [-0.25, -0.2) is 0 Å². The van der Waals surface area contributed by atoms with Gasteiger partial charge in [0, 0.05) is 44.9 Å². The smallest absolute Gasteiger partial charge is 0.0589 e. The summed E-state index contributed by atoms with van der Waals surface area (Å²) in [6, 6.07) is 0.585. The van der Waals surface area contributed by atoms with Gasteiger partial charge in [-0.15, -0.1) is 0 Å². The molecule has 1 fully saturated rings. The first kappa shape index (κ1) is 16.9. The van der Waals surface area contributed by atoms with E-state index in [4.69, 9.17) is 9.47 Å². The summed E-state index contributed by atoms with van der Waals surface area (Å²) in [6.07, 6.45) is 4.23. The SMILES string of the molecule is CCC(CC)N(CCOC)CC1(CO)CCOCC1. The molecule has 1 saturated heterocycles. The minimum absolute atomic E-state index is 0.0224. The van der Waals surface area contributed by atoms with E-state index in [0.717, 1.165) is 58.6 Å². The van der Waals surface area contributed by atoms with Crippen LogP contribution in [0, 0.1) is 5.41 Å². The Morgan fingerprint density at radius 3 is 2.37 bits per heavy atom. The molecule has 114 valence electrons. The van der Waals surface area contributed by atoms with Gasteiger partial charge < -0.3 is 14.6 Å². The second kappa shape index (κ2) is 8.90. The molecule has 0 unspecified atom stereocenters. The number of hydrogen-bond acceptors (Lipinski definition) is 4. The van der Waals surface area contributed by atoms with Crippen molar-refractivity contribution >= 4 is 0 Å². The molecule has 0 aromatic heterocycles. The van der Waals surface area contributed by atoms with Crippen LogP contribution >= 0.6 is 0 Å². The van der Waals surface area contributed by atoms with Gasteiger partial charge in [0.15, 0.2) is 0 Å². The normalized spacial score (nSPS) is 19.3. The molecule has 0 spiro atoms. The lowest BCUT2D eigenvalue weighted by atomic mass is 9.80. The monoisotopic (exact) mass is 273 g/mol. The Hall–Kier alpha value is -0.160. The molecule has 0 aliphatic carbocycles. The summed E-state index contributed by atoms with van der Waals surface area (Å²) < 4.78 is 10.7. The first-order valence-corrected chi connectivity index (χ1v) is 7.63. The molecular weight excluding hydrogens is 242 g/mol. The summed E-state index contributed by atoms with van der Waals surface area (Å²) in [7, 11) is 1.75. The third kappa shape index (κ3) is 5.03. The lowest BCUT2D eigenvalue weighted by Crippen LogP contribution is -2.48. The zero-order chi connectivity index (χ0) is 14.1. The molecule has 1 aliphatic rings.